The topological polar surface area (TPSA) is 17.0 Å². The highest BCUT2D eigenvalue weighted by molar-refractivity contribution is 6.32. The van der Waals surface area contributed by atoms with E-state index in [4.69, 9.17) is 11.6 Å². The number of nitrogens with one attached hydrogen (secondary N) is 1. The van der Waals surface area contributed by atoms with Crippen LogP contribution in [-0.4, -0.2) is 11.1 Å². The molecule has 90 valence electrons. The Kier molecular flexibility index (Phi) is 2.64. The van der Waals surface area contributed by atoms with Gasteiger partial charge >= 0.3 is 0 Å². The van der Waals surface area contributed by atoms with Crippen molar-refractivity contribution < 1.29 is 0 Å². The molecule has 2 nitrogen and oxygen atoms in total. The zero-order valence-electron chi connectivity index (χ0n) is 10.3. The minimum absolute atomic E-state index is 0.874. The molecule has 0 saturated carbocycles. The Labute approximate surface area is 107 Å². The van der Waals surface area contributed by atoms with Crippen LogP contribution in [0.25, 0.3) is 10.9 Å². The highest BCUT2D eigenvalue weighted by Crippen LogP contribution is 2.33. The Hall–Kier alpha value is -0.990. The average Bonchev–Trinajstić information content (AvgIpc) is 2.68. The summed E-state index contributed by atoms with van der Waals surface area (Å²) >= 11 is 6.25. The molecule has 2 aromatic rings. The van der Waals surface area contributed by atoms with E-state index in [0.29, 0.717) is 0 Å². The Morgan fingerprint density at radius 1 is 1.41 bits per heavy atom. The van der Waals surface area contributed by atoms with E-state index in [1.165, 1.54) is 27.7 Å². The van der Waals surface area contributed by atoms with Crippen molar-refractivity contribution in [2.75, 3.05) is 6.54 Å². The van der Waals surface area contributed by atoms with Gasteiger partial charge in [0.25, 0.3) is 0 Å². The summed E-state index contributed by atoms with van der Waals surface area (Å²) in [5.41, 5.74) is 5.48. The lowest BCUT2D eigenvalue weighted by Gasteiger charge is -2.19. The zero-order chi connectivity index (χ0) is 12.0. The summed E-state index contributed by atoms with van der Waals surface area (Å²) in [7, 11) is 0. The number of hydrogen-bond donors (Lipinski definition) is 1. The third-order valence-electron chi connectivity index (χ3n) is 3.79. The van der Waals surface area contributed by atoms with Crippen LogP contribution in [0, 0.1) is 6.92 Å². The molecule has 3 rings (SSSR count). The van der Waals surface area contributed by atoms with E-state index >= 15 is 0 Å². The molecule has 3 heteroatoms. The van der Waals surface area contributed by atoms with Gasteiger partial charge in [-0.05, 0) is 30.5 Å². The maximum atomic E-state index is 6.25. The molecule has 0 aliphatic carbocycles. The second kappa shape index (κ2) is 4.04. The fourth-order valence-corrected chi connectivity index (χ4v) is 3.11. The lowest BCUT2D eigenvalue weighted by Crippen LogP contribution is -2.28. The van der Waals surface area contributed by atoms with Gasteiger partial charge < -0.3 is 9.88 Å². The van der Waals surface area contributed by atoms with Crippen molar-refractivity contribution >= 4 is 22.5 Å². The number of aryl methyl sites for hydroxylation is 2. The van der Waals surface area contributed by atoms with Gasteiger partial charge in [-0.25, -0.2) is 0 Å². The molecule has 0 unspecified atom stereocenters. The van der Waals surface area contributed by atoms with Gasteiger partial charge in [-0.15, -0.1) is 0 Å². The lowest BCUT2D eigenvalue weighted by molar-refractivity contribution is 0.522. The summed E-state index contributed by atoms with van der Waals surface area (Å²) in [5.74, 6) is 0. The first-order valence-electron chi connectivity index (χ1n) is 6.23. The van der Waals surface area contributed by atoms with Gasteiger partial charge in [-0.1, -0.05) is 24.6 Å². The average molecular weight is 249 g/mol. The summed E-state index contributed by atoms with van der Waals surface area (Å²) in [6, 6.07) is 4.20. The van der Waals surface area contributed by atoms with Crippen molar-refractivity contribution in [3.05, 3.63) is 34.0 Å². The van der Waals surface area contributed by atoms with E-state index in [1.807, 2.05) is 6.07 Å². The standard InChI is InChI=1S/C14H17ClN2/c1-3-10-11-4-5-12(15)9(2)14(11)17-7-6-16-8-13(10)17/h4-5,16H,3,6-8H2,1-2H3. The Balaban J connectivity index is 2.43. The first-order valence-corrected chi connectivity index (χ1v) is 6.61. The molecule has 1 aromatic carbocycles. The summed E-state index contributed by atoms with van der Waals surface area (Å²) in [5, 5.41) is 5.71. The maximum absolute atomic E-state index is 6.25. The number of rotatable bonds is 1. The number of hydrogen-bond acceptors (Lipinski definition) is 1. The van der Waals surface area contributed by atoms with Crippen LogP contribution < -0.4 is 5.32 Å². The zero-order valence-corrected chi connectivity index (χ0v) is 11.1. The van der Waals surface area contributed by atoms with E-state index < -0.39 is 0 Å². The second-order valence-corrected chi connectivity index (χ2v) is 5.08. The molecule has 0 spiro atoms. The molecule has 1 N–H and O–H groups in total. The van der Waals surface area contributed by atoms with Crippen molar-refractivity contribution in [3.63, 3.8) is 0 Å². The normalized spacial score (nSPS) is 15.2. The molecule has 0 bridgehead atoms. The SMILES string of the molecule is CCc1c2n(c3c(C)c(Cl)ccc13)CCNC2. The maximum Gasteiger partial charge on any atom is 0.0530 e. The molecule has 0 fully saturated rings. The van der Waals surface area contributed by atoms with Crippen molar-refractivity contribution in [2.24, 2.45) is 0 Å². The van der Waals surface area contributed by atoms with E-state index in [1.54, 1.807) is 0 Å². The summed E-state index contributed by atoms with van der Waals surface area (Å²) < 4.78 is 2.45. The van der Waals surface area contributed by atoms with Gasteiger partial charge in [0, 0.05) is 35.7 Å². The van der Waals surface area contributed by atoms with Crippen LogP contribution in [0.4, 0.5) is 0 Å². The number of halogens is 1. The van der Waals surface area contributed by atoms with Gasteiger partial charge in [0.1, 0.15) is 0 Å². The first kappa shape index (κ1) is 11.1. The van der Waals surface area contributed by atoms with Crippen molar-refractivity contribution in [1.82, 2.24) is 9.88 Å². The van der Waals surface area contributed by atoms with Crippen molar-refractivity contribution in [1.29, 1.82) is 0 Å². The molecule has 1 aliphatic heterocycles. The minimum atomic E-state index is 0.874. The fourth-order valence-electron chi connectivity index (χ4n) is 2.96. The van der Waals surface area contributed by atoms with Gasteiger partial charge in [0.05, 0.1) is 5.52 Å². The van der Waals surface area contributed by atoms with Crippen molar-refractivity contribution in [2.45, 2.75) is 33.4 Å². The van der Waals surface area contributed by atoms with E-state index in [0.717, 1.165) is 31.1 Å². The number of fused-ring (bicyclic) bond motifs is 3. The van der Waals surface area contributed by atoms with Crippen LogP contribution in [0.2, 0.25) is 5.02 Å². The van der Waals surface area contributed by atoms with Crippen LogP contribution in [-0.2, 0) is 19.5 Å². The van der Waals surface area contributed by atoms with Crippen molar-refractivity contribution in [3.8, 4) is 0 Å². The van der Waals surface area contributed by atoms with Gasteiger partial charge in [-0.3, -0.25) is 0 Å². The molecule has 0 amide bonds. The molecule has 0 atom stereocenters. The molecular formula is C14H17ClN2. The molecule has 1 aliphatic rings. The second-order valence-electron chi connectivity index (χ2n) is 4.68. The number of aromatic nitrogens is 1. The molecule has 0 radical (unpaired) electrons. The quantitative estimate of drug-likeness (QED) is 0.820. The molecule has 0 saturated heterocycles. The van der Waals surface area contributed by atoms with Gasteiger partial charge in [0.2, 0.25) is 0 Å². The molecular weight excluding hydrogens is 232 g/mol. The lowest BCUT2D eigenvalue weighted by atomic mass is 10.1. The monoisotopic (exact) mass is 248 g/mol. The third-order valence-corrected chi connectivity index (χ3v) is 4.20. The number of benzene rings is 1. The summed E-state index contributed by atoms with van der Waals surface area (Å²) in [6.45, 7) is 7.43. The van der Waals surface area contributed by atoms with E-state index in [-0.39, 0.29) is 0 Å². The first-order chi connectivity index (χ1) is 8.24. The van der Waals surface area contributed by atoms with Gasteiger partial charge in [-0.2, -0.15) is 0 Å². The van der Waals surface area contributed by atoms with Crippen LogP contribution in [0.1, 0.15) is 23.7 Å². The molecule has 1 aromatic heterocycles. The van der Waals surface area contributed by atoms with Crippen LogP contribution in [0.3, 0.4) is 0 Å². The third kappa shape index (κ3) is 1.51. The molecule has 2 heterocycles. The Morgan fingerprint density at radius 3 is 3.00 bits per heavy atom. The van der Waals surface area contributed by atoms with E-state index in [9.17, 15) is 0 Å². The fraction of sp³-hybridized carbons (Fsp3) is 0.429. The van der Waals surface area contributed by atoms with E-state index in [2.05, 4.69) is 29.8 Å². The highest BCUT2D eigenvalue weighted by Gasteiger charge is 2.20. The van der Waals surface area contributed by atoms with Gasteiger partial charge in [0.15, 0.2) is 0 Å². The van der Waals surface area contributed by atoms with Crippen LogP contribution in [0.5, 0.6) is 0 Å². The van der Waals surface area contributed by atoms with Crippen LogP contribution >= 0.6 is 11.6 Å². The predicted octanol–water partition coefficient (Wildman–Crippen LogP) is 3.27. The largest absolute Gasteiger partial charge is 0.342 e. The minimum Gasteiger partial charge on any atom is -0.342 e. The Bertz CT molecular complexity index is 584. The highest BCUT2D eigenvalue weighted by atomic mass is 35.5. The Morgan fingerprint density at radius 2 is 2.24 bits per heavy atom. The predicted molar refractivity (Wildman–Crippen MR) is 72.8 cm³/mol. The summed E-state index contributed by atoms with van der Waals surface area (Å²) in [6.07, 6.45) is 1.08. The summed E-state index contributed by atoms with van der Waals surface area (Å²) in [4.78, 5) is 0. The number of nitrogens with zero attached hydrogens (tertiary/aromatic N) is 1. The van der Waals surface area contributed by atoms with Crippen LogP contribution in [0.15, 0.2) is 12.1 Å². The molecule has 17 heavy (non-hydrogen) atoms. The smallest absolute Gasteiger partial charge is 0.0530 e.